The SMILES string of the molecule is C=C1CN(Cc2ccccc2)CCC1C(C)=O. The Morgan fingerprint density at radius 3 is 2.71 bits per heavy atom. The van der Waals surface area contributed by atoms with Gasteiger partial charge in [0.1, 0.15) is 5.78 Å². The van der Waals surface area contributed by atoms with Gasteiger partial charge in [-0.2, -0.15) is 0 Å². The average Bonchev–Trinajstić information content (AvgIpc) is 2.30. The summed E-state index contributed by atoms with van der Waals surface area (Å²) < 4.78 is 0. The number of nitrogens with zero attached hydrogens (tertiary/aromatic N) is 1. The molecule has 0 N–H and O–H groups in total. The number of piperidine rings is 1. The molecule has 1 aliphatic heterocycles. The topological polar surface area (TPSA) is 20.3 Å². The highest BCUT2D eigenvalue weighted by Gasteiger charge is 2.25. The van der Waals surface area contributed by atoms with Crippen LogP contribution in [0.15, 0.2) is 42.5 Å². The second-order valence-corrected chi connectivity index (χ2v) is 4.81. The largest absolute Gasteiger partial charge is 0.299 e. The predicted molar refractivity (Wildman–Crippen MR) is 69.6 cm³/mol. The third-order valence-corrected chi connectivity index (χ3v) is 3.39. The Kier molecular flexibility index (Phi) is 3.75. The number of ketones is 1. The first kappa shape index (κ1) is 12.1. The van der Waals surface area contributed by atoms with E-state index in [0.29, 0.717) is 0 Å². The molecule has 0 bridgehead atoms. The van der Waals surface area contributed by atoms with Crippen molar-refractivity contribution >= 4 is 5.78 Å². The van der Waals surface area contributed by atoms with Gasteiger partial charge in [-0.05, 0) is 25.5 Å². The van der Waals surface area contributed by atoms with Crippen LogP contribution in [0.4, 0.5) is 0 Å². The average molecular weight is 229 g/mol. The molecule has 0 saturated carbocycles. The molecule has 1 aromatic carbocycles. The van der Waals surface area contributed by atoms with Crippen LogP contribution in [0.1, 0.15) is 18.9 Å². The van der Waals surface area contributed by atoms with Crippen LogP contribution in [0.25, 0.3) is 0 Å². The van der Waals surface area contributed by atoms with Gasteiger partial charge < -0.3 is 0 Å². The highest BCUT2D eigenvalue weighted by molar-refractivity contribution is 5.81. The summed E-state index contributed by atoms with van der Waals surface area (Å²) in [5, 5.41) is 0. The van der Waals surface area contributed by atoms with E-state index in [1.807, 2.05) is 6.07 Å². The standard InChI is InChI=1S/C15H19NO/c1-12-10-16(9-8-15(12)13(2)17)11-14-6-4-3-5-7-14/h3-7,15H,1,8-11H2,2H3. The monoisotopic (exact) mass is 229 g/mol. The number of hydrogen-bond donors (Lipinski definition) is 0. The zero-order chi connectivity index (χ0) is 12.3. The van der Waals surface area contributed by atoms with E-state index in [1.54, 1.807) is 6.92 Å². The molecule has 1 aliphatic rings. The third-order valence-electron chi connectivity index (χ3n) is 3.39. The fraction of sp³-hybridized carbons (Fsp3) is 0.400. The maximum atomic E-state index is 11.4. The first-order valence-corrected chi connectivity index (χ1v) is 6.11. The molecule has 0 aromatic heterocycles. The highest BCUT2D eigenvalue weighted by atomic mass is 16.1. The minimum Gasteiger partial charge on any atom is -0.299 e. The van der Waals surface area contributed by atoms with Crippen molar-refractivity contribution in [3.05, 3.63) is 48.0 Å². The molecular formula is C15H19NO. The Bertz CT molecular complexity index is 410. The number of carbonyl (C=O) groups is 1. The number of likely N-dealkylation sites (tertiary alicyclic amines) is 1. The summed E-state index contributed by atoms with van der Waals surface area (Å²) in [6.45, 7) is 8.50. The van der Waals surface area contributed by atoms with Crippen LogP contribution in [0, 0.1) is 5.92 Å². The van der Waals surface area contributed by atoms with Crippen LogP contribution in [0.2, 0.25) is 0 Å². The molecule has 1 atom stereocenters. The van der Waals surface area contributed by atoms with Gasteiger partial charge in [0.15, 0.2) is 0 Å². The summed E-state index contributed by atoms with van der Waals surface area (Å²) in [6.07, 6.45) is 0.918. The number of benzene rings is 1. The van der Waals surface area contributed by atoms with Crippen LogP contribution >= 0.6 is 0 Å². The van der Waals surface area contributed by atoms with Gasteiger partial charge in [0, 0.05) is 19.0 Å². The molecule has 2 nitrogen and oxygen atoms in total. The van der Waals surface area contributed by atoms with Crippen molar-refractivity contribution in [3.8, 4) is 0 Å². The fourth-order valence-corrected chi connectivity index (χ4v) is 2.46. The Morgan fingerprint density at radius 1 is 1.41 bits per heavy atom. The molecule has 0 amide bonds. The van der Waals surface area contributed by atoms with E-state index in [-0.39, 0.29) is 11.7 Å². The van der Waals surface area contributed by atoms with E-state index in [0.717, 1.165) is 31.6 Å². The zero-order valence-electron chi connectivity index (χ0n) is 10.4. The van der Waals surface area contributed by atoms with Gasteiger partial charge in [-0.25, -0.2) is 0 Å². The quantitative estimate of drug-likeness (QED) is 0.743. The molecule has 2 heteroatoms. The Balaban J connectivity index is 1.94. The van der Waals surface area contributed by atoms with Crippen molar-refractivity contribution in [2.45, 2.75) is 19.9 Å². The second kappa shape index (κ2) is 5.28. The number of Topliss-reactive ketones (excluding diaryl/α,β-unsaturated/α-hetero) is 1. The maximum Gasteiger partial charge on any atom is 0.137 e. The molecule has 2 rings (SSSR count). The van der Waals surface area contributed by atoms with E-state index < -0.39 is 0 Å². The normalized spacial score (nSPS) is 21.5. The van der Waals surface area contributed by atoms with Gasteiger partial charge in [0.05, 0.1) is 0 Å². The van der Waals surface area contributed by atoms with Crippen LogP contribution in [-0.4, -0.2) is 23.8 Å². The number of carbonyl (C=O) groups excluding carboxylic acids is 1. The molecule has 0 aliphatic carbocycles. The molecule has 1 fully saturated rings. The Morgan fingerprint density at radius 2 is 2.12 bits per heavy atom. The van der Waals surface area contributed by atoms with Crippen molar-refractivity contribution in [1.82, 2.24) is 4.90 Å². The van der Waals surface area contributed by atoms with Crippen LogP contribution in [0.5, 0.6) is 0 Å². The van der Waals surface area contributed by atoms with E-state index >= 15 is 0 Å². The predicted octanol–water partition coefficient (Wildman–Crippen LogP) is 2.65. The Hall–Kier alpha value is -1.41. The maximum absolute atomic E-state index is 11.4. The molecule has 1 aromatic rings. The first-order chi connectivity index (χ1) is 8.16. The lowest BCUT2D eigenvalue weighted by molar-refractivity contribution is -0.120. The van der Waals surface area contributed by atoms with E-state index in [9.17, 15) is 4.79 Å². The van der Waals surface area contributed by atoms with Crippen molar-refractivity contribution in [2.75, 3.05) is 13.1 Å². The summed E-state index contributed by atoms with van der Waals surface area (Å²) in [5.74, 6) is 0.344. The van der Waals surface area contributed by atoms with Crippen LogP contribution < -0.4 is 0 Å². The van der Waals surface area contributed by atoms with Crippen molar-refractivity contribution < 1.29 is 4.79 Å². The fourth-order valence-electron chi connectivity index (χ4n) is 2.46. The summed E-state index contributed by atoms with van der Waals surface area (Å²) in [7, 11) is 0. The van der Waals surface area contributed by atoms with Crippen LogP contribution in [0.3, 0.4) is 0 Å². The summed E-state index contributed by atoms with van der Waals surface area (Å²) >= 11 is 0. The van der Waals surface area contributed by atoms with Gasteiger partial charge in [-0.3, -0.25) is 9.69 Å². The smallest absolute Gasteiger partial charge is 0.137 e. The first-order valence-electron chi connectivity index (χ1n) is 6.11. The highest BCUT2D eigenvalue weighted by Crippen LogP contribution is 2.23. The summed E-state index contributed by atoms with van der Waals surface area (Å²) in [4.78, 5) is 13.8. The van der Waals surface area contributed by atoms with E-state index in [4.69, 9.17) is 0 Å². The molecule has 1 unspecified atom stereocenters. The molecular weight excluding hydrogens is 210 g/mol. The third kappa shape index (κ3) is 3.04. The van der Waals surface area contributed by atoms with Crippen LogP contribution in [-0.2, 0) is 11.3 Å². The van der Waals surface area contributed by atoms with Gasteiger partial charge in [0.25, 0.3) is 0 Å². The molecule has 1 heterocycles. The van der Waals surface area contributed by atoms with Gasteiger partial charge in [-0.15, -0.1) is 0 Å². The minimum absolute atomic E-state index is 0.0852. The van der Waals surface area contributed by atoms with Crippen molar-refractivity contribution in [2.24, 2.45) is 5.92 Å². The molecule has 90 valence electrons. The zero-order valence-corrected chi connectivity index (χ0v) is 10.4. The lowest BCUT2D eigenvalue weighted by atomic mass is 9.89. The molecule has 17 heavy (non-hydrogen) atoms. The summed E-state index contributed by atoms with van der Waals surface area (Å²) in [5.41, 5.74) is 2.39. The van der Waals surface area contributed by atoms with E-state index in [1.165, 1.54) is 5.56 Å². The second-order valence-electron chi connectivity index (χ2n) is 4.81. The Labute approximate surface area is 103 Å². The summed E-state index contributed by atoms with van der Waals surface area (Å²) in [6, 6.07) is 10.4. The van der Waals surface area contributed by atoms with Gasteiger partial charge in [-0.1, -0.05) is 42.5 Å². The van der Waals surface area contributed by atoms with Gasteiger partial charge in [0.2, 0.25) is 0 Å². The number of rotatable bonds is 3. The van der Waals surface area contributed by atoms with Crippen molar-refractivity contribution in [1.29, 1.82) is 0 Å². The lowest BCUT2D eigenvalue weighted by Gasteiger charge is -2.32. The minimum atomic E-state index is 0.0852. The molecule has 0 radical (unpaired) electrons. The van der Waals surface area contributed by atoms with E-state index in [2.05, 4.69) is 35.7 Å². The van der Waals surface area contributed by atoms with Gasteiger partial charge >= 0.3 is 0 Å². The van der Waals surface area contributed by atoms with Crippen molar-refractivity contribution in [3.63, 3.8) is 0 Å². The lowest BCUT2D eigenvalue weighted by Crippen LogP contribution is -2.36. The molecule has 1 saturated heterocycles. The number of hydrogen-bond acceptors (Lipinski definition) is 2. The molecule has 0 spiro atoms.